The summed E-state index contributed by atoms with van der Waals surface area (Å²) in [5.74, 6) is 0.170. The number of thiophene rings is 1. The third kappa shape index (κ3) is 4.80. The van der Waals surface area contributed by atoms with Crippen LogP contribution in [0.3, 0.4) is 0 Å². The van der Waals surface area contributed by atoms with Crippen molar-refractivity contribution in [3.63, 3.8) is 0 Å². The van der Waals surface area contributed by atoms with Crippen LogP contribution in [-0.4, -0.2) is 42.8 Å². The molecule has 1 fully saturated rings. The highest BCUT2D eigenvalue weighted by atomic mass is 35.5. The molecular formula is C16H25ClN2O2S. The second-order valence-corrected chi connectivity index (χ2v) is 7.20. The molecule has 0 radical (unpaired) electrons. The van der Waals surface area contributed by atoms with Crippen molar-refractivity contribution in [2.45, 2.75) is 45.6 Å². The molecule has 0 saturated carbocycles. The number of hydrogen-bond acceptors (Lipinski definition) is 4. The highest BCUT2D eigenvalue weighted by Crippen LogP contribution is 2.22. The number of nitrogens with zero attached hydrogens (tertiary/aromatic N) is 1. The fourth-order valence-corrected chi connectivity index (χ4v) is 3.78. The number of halogens is 1. The lowest BCUT2D eigenvalue weighted by atomic mass is 10.0. The number of rotatable bonds is 5. The predicted octanol–water partition coefficient (Wildman–Crippen LogP) is 2.96. The van der Waals surface area contributed by atoms with Gasteiger partial charge in [-0.05, 0) is 45.8 Å². The normalized spacial score (nSPS) is 15.2. The van der Waals surface area contributed by atoms with E-state index in [-0.39, 0.29) is 24.1 Å². The third-order valence-corrected chi connectivity index (χ3v) is 5.12. The van der Waals surface area contributed by atoms with E-state index in [2.05, 4.69) is 5.32 Å². The van der Waals surface area contributed by atoms with Crippen LogP contribution in [-0.2, 0) is 4.79 Å². The average Bonchev–Trinajstić information content (AvgIpc) is 2.83. The maximum Gasteiger partial charge on any atom is 0.223 e. The minimum absolute atomic E-state index is 0. The first-order chi connectivity index (χ1) is 9.99. The van der Waals surface area contributed by atoms with E-state index in [4.69, 9.17) is 0 Å². The number of carbonyl (C=O) groups is 2. The molecule has 1 amide bonds. The van der Waals surface area contributed by atoms with Crippen LogP contribution in [0.25, 0.3) is 0 Å². The third-order valence-electron chi connectivity index (χ3n) is 4.16. The summed E-state index contributed by atoms with van der Waals surface area (Å²) in [6.45, 7) is 5.90. The molecular weight excluding hydrogens is 320 g/mol. The van der Waals surface area contributed by atoms with Gasteiger partial charge in [-0.1, -0.05) is 0 Å². The molecule has 1 aromatic heterocycles. The molecule has 1 aliphatic rings. The Bertz CT molecular complexity index is 524. The second-order valence-electron chi connectivity index (χ2n) is 5.74. The molecule has 0 spiro atoms. The van der Waals surface area contributed by atoms with E-state index in [1.165, 1.54) is 0 Å². The fraction of sp³-hybridized carbons (Fsp3) is 0.625. The van der Waals surface area contributed by atoms with Gasteiger partial charge in [0.2, 0.25) is 5.91 Å². The van der Waals surface area contributed by atoms with Gasteiger partial charge in [-0.15, -0.1) is 23.7 Å². The first-order valence-electron chi connectivity index (χ1n) is 7.55. The highest BCUT2D eigenvalue weighted by molar-refractivity contribution is 7.12. The van der Waals surface area contributed by atoms with Gasteiger partial charge in [0.05, 0.1) is 0 Å². The summed E-state index contributed by atoms with van der Waals surface area (Å²) in [5, 5.41) is 3.30. The van der Waals surface area contributed by atoms with Gasteiger partial charge in [-0.3, -0.25) is 9.59 Å². The van der Waals surface area contributed by atoms with Crippen LogP contribution in [0.4, 0.5) is 0 Å². The van der Waals surface area contributed by atoms with Crippen LogP contribution in [0.1, 0.15) is 45.8 Å². The summed E-state index contributed by atoms with van der Waals surface area (Å²) in [5.41, 5.74) is 0.787. The van der Waals surface area contributed by atoms with Gasteiger partial charge in [0.25, 0.3) is 0 Å². The van der Waals surface area contributed by atoms with Crippen LogP contribution in [0.15, 0.2) is 6.07 Å². The van der Waals surface area contributed by atoms with Gasteiger partial charge in [-0.25, -0.2) is 0 Å². The summed E-state index contributed by atoms with van der Waals surface area (Å²) < 4.78 is 0. The minimum Gasteiger partial charge on any atom is -0.343 e. The van der Waals surface area contributed by atoms with Crippen molar-refractivity contribution in [3.8, 4) is 0 Å². The number of nitrogens with one attached hydrogen (secondary N) is 1. The van der Waals surface area contributed by atoms with Crippen molar-refractivity contribution in [2.75, 3.05) is 20.1 Å². The number of hydrogen-bond donors (Lipinski definition) is 1. The molecule has 2 heterocycles. The molecule has 1 aliphatic heterocycles. The van der Waals surface area contributed by atoms with Crippen LogP contribution in [0.5, 0.6) is 0 Å². The number of aryl methyl sites for hydroxylation is 2. The summed E-state index contributed by atoms with van der Waals surface area (Å²) in [6, 6.07) is 2.25. The van der Waals surface area contributed by atoms with Crippen LogP contribution in [0, 0.1) is 13.8 Å². The van der Waals surface area contributed by atoms with Gasteiger partial charge in [0.15, 0.2) is 5.78 Å². The Kier molecular flexibility index (Phi) is 7.53. The highest BCUT2D eigenvalue weighted by Gasteiger charge is 2.22. The maximum atomic E-state index is 12.2. The number of carbonyl (C=O) groups excluding carboxylic acids is 2. The molecule has 6 heteroatoms. The van der Waals surface area contributed by atoms with Crippen LogP contribution < -0.4 is 5.32 Å². The fourth-order valence-electron chi connectivity index (χ4n) is 2.84. The molecule has 1 N–H and O–H groups in total. The van der Waals surface area contributed by atoms with E-state index in [1.807, 2.05) is 31.9 Å². The van der Waals surface area contributed by atoms with E-state index < -0.39 is 0 Å². The van der Waals surface area contributed by atoms with E-state index >= 15 is 0 Å². The lowest BCUT2D eigenvalue weighted by Crippen LogP contribution is -2.44. The Morgan fingerprint density at radius 2 is 1.91 bits per heavy atom. The molecule has 0 atom stereocenters. The van der Waals surface area contributed by atoms with E-state index in [0.717, 1.165) is 41.2 Å². The lowest BCUT2D eigenvalue weighted by molar-refractivity contribution is -0.132. The molecule has 124 valence electrons. The average molecular weight is 345 g/mol. The first-order valence-corrected chi connectivity index (χ1v) is 8.37. The van der Waals surface area contributed by atoms with Gasteiger partial charge >= 0.3 is 0 Å². The Morgan fingerprint density at radius 1 is 1.27 bits per heavy atom. The van der Waals surface area contributed by atoms with Crippen molar-refractivity contribution < 1.29 is 9.59 Å². The lowest BCUT2D eigenvalue weighted by Gasteiger charge is -2.31. The molecule has 0 bridgehead atoms. The Labute approximate surface area is 142 Å². The number of piperidine rings is 1. The summed E-state index contributed by atoms with van der Waals surface area (Å²) in [7, 11) is 1.86. The Morgan fingerprint density at radius 3 is 2.45 bits per heavy atom. The zero-order valence-corrected chi connectivity index (χ0v) is 15.1. The monoisotopic (exact) mass is 344 g/mol. The quantitative estimate of drug-likeness (QED) is 0.835. The Balaban J connectivity index is 0.00000242. The van der Waals surface area contributed by atoms with E-state index in [0.29, 0.717) is 18.9 Å². The molecule has 22 heavy (non-hydrogen) atoms. The van der Waals surface area contributed by atoms with E-state index in [1.54, 1.807) is 11.3 Å². The zero-order chi connectivity index (χ0) is 15.4. The summed E-state index contributed by atoms with van der Waals surface area (Å²) in [4.78, 5) is 28.5. The van der Waals surface area contributed by atoms with Gasteiger partial charge in [0, 0.05) is 41.2 Å². The van der Waals surface area contributed by atoms with Crippen molar-refractivity contribution in [1.29, 1.82) is 0 Å². The smallest absolute Gasteiger partial charge is 0.223 e. The predicted molar refractivity (Wildman–Crippen MR) is 93.3 cm³/mol. The van der Waals surface area contributed by atoms with Crippen molar-refractivity contribution in [3.05, 3.63) is 21.4 Å². The van der Waals surface area contributed by atoms with Crippen molar-refractivity contribution in [2.24, 2.45) is 0 Å². The molecule has 0 aromatic carbocycles. The zero-order valence-electron chi connectivity index (χ0n) is 13.5. The molecule has 0 aliphatic carbocycles. The molecule has 1 saturated heterocycles. The number of ketones is 1. The van der Waals surface area contributed by atoms with Crippen LogP contribution >= 0.6 is 23.7 Å². The van der Waals surface area contributed by atoms with Gasteiger partial charge in [0.1, 0.15) is 0 Å². The number of Topliss-reactive ketones (excluding diaryl/α,β-unsaturated/α-hetero) is 1. The molecule has 4 nitrogen and oxygen atoms in total. The first kappa shape index (κ1) is 19.1. The topological polar surface area (TPSA) is 49.4 Å². The maximum absolute atomic E-state index is 12.2. The second kappa shape index (κ2) is 8.65. The molecule has 2 rings (SSSR count). The summed E-state index contributed by atoms with van der Waals surface area (Å²) >= 11 is 1.64. The largest absolute Gasteiger partial charge is 0.343 e. The van der Waals surface area contributed by atoms with Crippen molar-refractivity contribution in [1.82, 2.24) is 10.2 Å². The Hall–Kier alpha value is -0.910. The van der Waals surface area contributed by atoms with E-state index in [9.17, 15) is 9.59 Å². The van der Waals surface area contributed by atoms with Crippen LogP contribution in [0.2, 0.25) is 0 Å². The molecule has 0 unspecified atom stereocenters. The minimum atomic E-state index is 0. The summed E-state index contributed by atoms with van der Waals surface area (Å²) in [6.07, 6.45) is 2.62. The molecule has 1 aromatic rings. The number of amides is 1. The van der Waals surface area contributed by atoms with Gasteiger partial charge in [-0.2, -0.15) is 0 Å². The SMILES string of the molecule is Cc1cc(C(=O)CCC(=O)N(C)C2CCNCC2)c(C)s1.Cl. The van der Waals surface area contributed by atoms with Crippen molar-refractivity contribution >= 4 is 35.4 Å². The standard InChI is InChI=1S/C16H24N2O2S.ClH/c1-11-10-14(12(2)21-11)15(19)4-5-16(20)18(3)13-6-8-17-9-7-13;/h10,13,17H,4-9H2,1-3H3;1H. The van der Waals surface area contributed by atoms with Gasteiger partial charge < -0.3 is 10.2 Å².